The first-order valence-electron chi connectivity index (χ1n) is 5.80. The molecule has 2 rings (SSSR count). The van der Waals surface area contributed by atoms with Crippen LogP contribution in [0.2, 0.25) is 5.02 Å². The zero-order valence-electron chi connectivity index (χ0n) is 10.3. The van der Waals surface area contributed by atoms with Gasteiger partial charge in [0.25, 0.3) is 0 Å². The van der Waals surface area contributed by atoms with Crippen molar-refractivity contribution in [2.24, 2.45) is 11.3 Å². The topological polar surface area (TPSA) is 33.0 Å². The Morgan fingerprint density at radius 3 is 2.65 bits per heavy atom. The molecule has 0 radical (unpaired) electrons. The molecule has 1 aromatic rings. The highest BCUT2D eigenvalue weighted by Crippen LogP contribution is 2.47. The Morgan fingerprint density at radius 1 is 1.47 bits per heavy atom. The van der Waals surface area contributed by atoms with Gasteiger partial charge in [0.05, 0.1) is 10.6 Å². The Morgan fingerprint density at radius 2 is 2.18 bits per heavy atom. The first kappa shape index (κ1) is 12.3. The second kappa shape index (κ2) is 4.23. The fourth-order valence-corrected chi connectivity index (χ4v) is 2.96. The zero-order chi connectivity index (χ0) is 12.6. The summed E-state index contributed by atoms with van der Waals surface area (Å²) < 4.78 is 5.96. The average molecular weight is 250 g/mol. The molecule has 1 fully saturated rings. The molecule has 1 saturated carbocycles. The van der Waals surface area contributed by atoms with Gasteiger partial charge in [0.1, 0.15) is 17.9 Å². The van der Waals surface area contributed by atoms with Crippen LogP contribution in [-0.2, 0) is 0 Å². The van der Waals surface area contributed by atoms with E-state index in [-0.39, 0.29) is 11.5 Å². The predicted octanol–water partition coefficient (Wildman–Crippen LogP) is 4.03. The summed E-state index contributed by atoms with van der Waals surface area (Å²) in [7, 11) is 0. The number of nitriles is 1. The van der Waals surface area contributed by atoms with E-state index in [1.807, 2.05) is 12.1 Å². The van der Waals surface area contributed by atoms with Gasteiger partial charge in [-0.25, -0.2) is 0 Å². The van der Waals surface area contributed by atoms with Crippen molar-refractivity contribution in [2.45, 2.75) is 33.3 Å². The molecule has 90 valence electrons. The van der Waals surface area contributed by atoms with Gasteiger partial charge in [0.15, 0.2) is 0 Å². The van der Waals surface area contributed by atoms with Gasteiger partial charge in [0, 0.05) is 11.5 Å². The van der Waals surface area contributed by atoms with Crippen LogP contribution in [0.5, 0.6) is 5.75 Å². The number of hydrogen-bond donors (Lipinski definition) is 0. The standard InChI is InChI=1S/C14H16ClNO/c1-9-7-14(2,3)13(9)17-11-5-4-10(8-16)12(15)6-11/h4-6,9,13H,7H2,1-3H3/t9?,13-/m1/s1. The molecule has 1 unspecified atom stereocenters. The first-order valence-corrected chi connectivity index (χ1v) is 6.18. The van der Waals surface area contributed by atoms with Crippen LogP contribution in [0.4, 0.5) is 0 Å². The van der Waals surface area contributed by atoms with Crippen LogP contribution in [0.1, 0.15) is 32.8 Å². The second-order valence-electron chi connectivity index (χ2n) is 5.46. The second-order valence-corrected chi connectivity index (χ2v) is 5.87. The Bertz CT molecular complexity index is 476. The number of rotatable bonds is 2. The molecule has 0 aliphatic heterocycles. The molecule has 2 nitrogen and oxygen atoms in total. The number of nitrogens with zero attached hydrogens (tertiary/aromatic N) is 1. The van der Waals surface area contributed by atoms with Crippen LogP contribution in [0.15, 0.2) is 18.2 Å². The quantitative estimate of drug-likeness (QED) is 0.793. The largest absolute Gasteiger partial charge is 0.490 e. The molecule has 17 heavy (non-hydrogen) atoms. The Labute approximate surface area is 107 Å². The van der Waals surface area contributed by atoms with Crippen LogP contribution in [0, 0.1) is 22.7 Å². The van der Waals surface area contributed by atoms with Crippen LogP contribution in [0.25, 0.3) is 0 Å². The fourth-order valence-electron chi connectivity index (χ4n) is 2.74. The van der Waals surface area contributed by atoms with Crippen LogP contribution >= 0.6 is 11.6 Å². The third-order valence-electron chi connectivity index (χ3n) is 3.46. The molecule has 0 saturated heterocycles. The molecule has 1 aliphatic carbocycles. The minimum absolute atomic E-state index is 0.222. The van der Waals surface area contributed by atoms with Crippen molar-refractivity contribution in [3.8, 4) is 11.8 Å². The normalized spacial score (nSPS) is 25.8. The molecule has 1 aromatic carbocycles. The molecule has 2 atom stereocenters. The first-order chi connectivity index (χ1) is 7.94. The van der Waals surface area contributed by atoms with Crippen molar-refractivity contribution < 1.29 is 4.74 Å². The lowest BCUT2D eigenvalue weighted by Gasteiger charge is -2.49. The maximum atomic E-state index is 8.80. The summed E-state index contributed by atoms with van der Waals surface area (Å²) in [5.74, 6) is 1.32. The summed E-state index contributed by atoms with van der Waals surface area (Å²) in [5.41, 5.74) is 0.708. The average Bonchev–Trinajstić information content (AvgIpc) is 2.25. The van der Waals surface area contributed by atoms with Crippen LogP contribution in [0.3, 0.4) is 0 Å². The van der Waals surface area contributed by atoms with E-state index in [1.54, 1.807) is 12.1 Å². The maximum absolute atomic E-state index is 8.80. The van der Waals surface area contributed by atoms with E-state index < -0.39 is 0 Å². The van der Waals surface area contributed by atoms with Gasteiger partial charge in [-0.15, -0.1) is 0 Å². The molecule has 3 heteroatoms. The van der Waals surface area contributed by atoms with Crippen molar-refractivity contribution >= 4 is 11.6 Å². The van der Waals surface area contributed by atoms with Crippen molar-refractivity contribution in [1.29, 1.82) is 5.26 Å². The van der Waals surface area contributed by atoms with Crippen LogP contribution < -0.4 is 4.74 Å². The molecular weight excluding hydrogens is 234 g/mol. The Balaban J connectivity index is 2.15. The van der Waals surface area contributed by atoms with E-state index in [1.165, 1.54) is 6.42 Å². The molecule has 0 aromatic heterocycles. The van der Waals surface area contributed by atoms with E-state index in [0.717, 1.165) is 5.75 Å². The highest BCUT2D eigenvalue weighted by molar-refractivity contribution is 6.31. The summed E-state index contributed by atoms with van der Waals surface area (Å²) in [5, 5.41) is 9.25. The van der Waals surface area contributed by atoms with Crippen molar-refractivity contribution in [3.63, 3.8) is 0 Å². The smallest absolute Gasteiger partial charge is 0.121 e. The number of benzene rings is 1. The summed E-state index contributed by atoms with van der Waals surface area (Å²) in [6, 6.07) is 7.28. The number of hydrogen-bond acceptors (Lipinski definition) is 2. The van der Waals surface area contributed by atoms with Crippen LogP contribution in [-0.4, -0.2) is 6.10 Å². The highest BCUT2D eigenvalue weighted by atomic mass is 35.5. The van der Waals surface area contributed by atoms with Gasteiger partial charge in [-0.1, -0.05) is 32.4 Å². The molecule has 0 N–H and O–H groups in total. The summed E-state index contributed by atoms with van der Waals surface area (Å²) in [6.07, 6.45) is 1.41. The molecule has 0 heterocycles. The third kappa shape index (κ3) is 2.25. The molecule has 0 amide bonds. The molecule has 0 spiro atoms. The van der Waals surface area contributed by atoms with Gasteiger partial charge in [-0.05, 0) is 24.5 Å². The van der Waals surface area contributed by atoms with E-state index >= 15 is 0 Å². The molecule has 0 bridgehead atoms. The lowest BCUT2D eigenvalue weighted by molar-refractivity contribution is -0.0717. The van der Waals surface area contributed by atoms with Gasteiger partial charge in [-0.3, -0.25) is 0 Å². The van der Waals surface area contributed by atoms with E-state index in [4.69, 9.17) is 21.6 Å². The Hall–Kier alpha value is -1.20. The number of halogens is 1. The minimum atomic E-state index is 0.222. The lowest BCUT2D eigenvalue weighted by Crippen LogP contribution is -2.51. The van der Waals surface area contributed by atoms with Crippen molar-refractivity contribution in [1.82, 2.24) is 0 Å². The van der Waals surface area contributed by atoms with Gasteiger partial charge in [-0.2, -0.15) is 5.26 Å². The lowest BCUT2D eigenvalue weighted by atomic mass is 9.62. The fraction of sp³-hybridized carbons (Fsp3) is 0.500. The van der Waals surface area contributed by atoms with E-state index in [9.17, 15) is 0 Å². The summed E-state index contributed by atoms with van der Waals surface area (Å²) >= 11 is 5.98. The number of ether oxygens (including phenoxy) is 1. The SMILES string of the molecule is CC1CC(C)(C)[C@@H]1Oc1ccc(C#N)c(Cl)c1. The predicted molar refractivity (Wildman–Crippen MR) is 68.1 cm³/mol. The van der Waals surface area contributed by atoms with Crippen molar-refractivity contribution in [2.75, 3.05) is 0 Å². The maximum Gasteiger partial charge on any atom is 0.121 e. The van der Waals surface area contributed by atoms with Crippen molar-refractivity contribution in [3.05, 3.63) is 28.8 Å². The highest BCUT2D eigenvalue weighted by Gasteiger charge is 2.46. The third-order valence-corrected chi connectivity index (χ3v) is 3.77. The van der Waals surface area contributed by atoms with Gasteiger partial charge in [0.2, 0.25) is 0 Å². The minimum Gasteiger partial charge on any atom is -0.490 e. The monoisotopic (exact) mass is 249 g/mol. The summed E-state index contributed by atoms with van der Waals surface area (Å²) in [4.78, 5) is 0. The molecular formula is C14H16ClNO. The van der Waals surface area contributed by atoms with E-state index in [0.29, 0.717) is 16.5 Å². The van der Waals surface area contributed by atoms with Gasteiger partial charge >= 0.3 is 0 Å². The Kier molecular flexibility index (Phi) is 3.05. The van der Waals surface area contributed by atoms with E-state index in [2.05, 4.69) is 20.8 Å². The molecule has 1 aliphatic rings. The zero-order valence-corrected chi connectivity index (χ0v) is 11.1. The van der Waals surface area contributed by atoms with Gasteiger partial charge < -0.3 is 4.74 Å². The summed E-state index contributed by atoms with van der Waals surface area (Å²) in [6.45, 7) is 6.62.